The lowest BCUT2D eigenvalue weighted by molar-refractivity contribution is -0.121. The largest absolute Gasteiger partial charge is 0.349 e. The van der Waals surface area contributed by atoms with Gasteiger partial charge in [0, 0.05) is 18.7 Å². The summed E-state index contributed by atoms with van der Waals surface area (Å²) in [6.45, 7) is 5.60. The minimum absolute atomic E-state index is 0.0453. The van der Waals surface area contributed by atoms with Crippen LogP contribution in [0.3, 0.4) is 0 Å². The number of rotatable bonds is 4. The second kappa shape index (κ2) is 7.73. The maximum atomic E-state index is 13.2. The van der Waals surface area contributed by atoms with Crippen LogP contribution in [-0.4, -0.2) is 17.9 Å². The van der Waals surface area contributed by atoms with Crippen LogP contribution in [0.25, 0.3) is 0 Å². The van der Waals surface area contributed by atoms with Crippen LogP contribution in [0.2, 0.25) is 0 Å². The van der Waals surface area contributed by atoms with Crippen LogP contribution < -0.4 is 10.2 Å². The van der Waals surface area contributed by atoms with Gasteiger partial charge >= 0.3 is 0 Å². The standard InChI is InChI=1S/C22H26N2O2/c1-15-8-11-18(12-9-15)20(23-17(3)25)14-22(26)24-16(2)10-13-19-6-4-5-7-21(19)24/h4-9,11-12,16,20H,10,13-14H2,1-3H3,(H,23,25). The monoisotopic (exact) mass is 350 g/mol. The van der Waals surface area contributed by atoms with Crippen molar-refractivity contribution in [2.24, 2.45) is 0 Å². The van der Waals surface area contributed by atoms with Gasteiger partial charge in [0.1, 0.15) is 0 Å². The molecule has 2 amide bonds. The van der Waals surface area contributed by atoms with Gasteiger partial charge in [-0.05, 0) is 43.9 Å². The summed E-state index contributed by atoms with van der Waals surface area (Å²) >= 11 is 0. The van der Waals surface area contributed by atoms with E-state index in [9.17, 15) is 9.59 Å². The highest BCUT2D eigenvalue weighted by molar-refractivity contribution is 5.95. The number of nitrogens with one attached hydrogen (secondary N) is 1. The Morgan fingerprint density at radius 3 is 2.54 bits per heavy atom. The normalized spacial score (nSPS) is 17.3. The Labute approximate surface area is 155 Å². The van der Waals surface area contributed by atoms with Crippen molar-refractivity contribution in [3.63, 3.8) is 0 Å². The maximum absolute atomic E-state index is 13.2. The van der Waals surface area contributed by atoms with Gasteiger partial charge in [0.15, 0.2) is 0 Å². The molecule has 0 aromatic heterocycles. The fourth-order valence-electron chi connectivity index (χ4n) is 3.64. The molecule has 136 valence electrons. The van der Waals surface area contributed by atoms with E-state index in [1.54, 1.807) is 0 Å². The number of anilines is 1. The van der Waals surface area contributed by atoms with Gasteiger partial charge in [-0.15, -0.1) is 0 Å². The lowest BCUT2D eigenvalue weighted by atomic mass is 9.95. The lowest BCUT2D eigenvalue weighted by Gasteiger charge is -2.36. The van der Waals surface area contributed by atoms with Crippen LogP contribution in [0, 0.1) is 6.92 Å². The number of para-hydroxylation sites is 1. The minimum atomic E-state index is -0.318. The number of amides is 2. The van der Waals surface area contributed by atoms with Crippen LogP contribution in [0.15, 0.2) is 48.5 Å². The van der Waals surface area contributed by atoms with Crippen molar-refractivity contribution in [2.75, 3.05) is 4.90 Å². The molecule has 0 aliphatic carbocycles. The van der Waals surface area contributed by atoms with Crippen molar-refractivity contribution in [1.29, 1.82) is 0 Å². The van der Waals surface area contributed by atoms with Crippen LogP contribution in [0.1, 0.15) is 49.4 Å². The molecule has 1 aliphatic rings. The zero-order valence-corrected chi connectivity index (χ0v) is 15.7. The number of nitrogens with zero attached hydrogens (tertiary/aromatic N) is 1. The molecular formula is C22H26N2O2. The Morgan fingerprint density at radius 2 is 1.85 bits per heavy atom. The molecule has 0 saturated carbocycles. The molecule has 0 bridgehead atoms. The molecule has 1 N–H and O–H groups in total. The second-order valence-electron chi connectivity index (χ2n) is 7.15. The summed E-state index contributed by atoms with van der Waals surface area (Å²) in [6, 6.07) is 15.9. The first-order valence-corrected chi connectivity index (χ1v) is 9.19. The van der Waals surface area contributed by atoms with Gasteiger partial charge < -0.3 is 10.2 Å². The van der Waals surface area contributed by atoms with Gasteiger partial charge in [0.25, 0.3) is 0 Å². The van der Waals surface area contributed by atoms with Gasteiger partial charge in [0.2, 0.25) is 11.8 Å². The zero-order chi connectivity index (χ0) is 18.7. The highest BCUT2D eigenvalue weighted by Crippen LogP contribution is 2.32. The fraction of sp³-hybridized carbons (Fsp3) is 0.364. The Morgan fingerprint density at radius 1 is 1.15 bits per heavy atom. The summed E-state index contributed by atoms with van der Waals surface area (Å²) in [5, 5.41) is 2.94. The van der Waals surface area contributed by atoms with Gasteiger partial charge in [-0.2, -0.15) is 0 Å². The smallest absolute Gasteiger partial charge is 0.229 e. The van der Waals surface area contributed by atoms with Crippen molar-refractivity contribution in [3.8, 4) is 0 Å². The summed E-state index contributed by atoms with van der Waals surface area (Å²) in [4.78, 5) is 26.8. The summed E-state index contributed by atoms with van der Waals surface area (Å²) in [5.41, 5.74) is 4.32. The molecule has 0 spiro atoms. The van der Waals surface area contributed by atoms with Gasteiger partial charge in [-0.25, -0.2) is 0 Å². The molecular weight excluding hydrogens is 324 g/mol. The molecule has 1 heterocycles. The number of carbonyl (C=O) groups is 2. The molecule has 0 saturated heterocycles. The molecule has 4 heteroatoms. The number of aryl methyl sites for hydroxylation is 2. The van der Waals surface area contributed by atoms with E-state index in [0.29, 0.717) is 0 Å². The van der Waals surface area contributed by atoms with E-state index in [4.69, 9.17) is 0 Å². The molecule has 26 heavy (non-hydrogen) atoms. The Bertz CT molecular complexity index is 798. The van der Waals surface area contributed by atoms with E-state index in [1.165, 1.54) is 12.5 Å². The van der Waals surface area contributed by atoms with Crippen LogP contribution in [0.5, 0.6) is 0 Å². The highest BCUT2D eigenvalue weighted by atomic mass is 16.2. The number of benzene rings is 2. The molecule has 2 aromatic carbocycles. The first-order valence-electron chi connectivity index (χ1n) is 9.19. The predicted octanol–water partition coefficient (Wildman–Crippen LogP) is 3.93. The molecule has 4 nitrogen and oxygen atoms in total. The molecule has 2 aromatic rings. The fourth-order valence-corrected chi connectivity index (χ4v) is 3.64. The summed E-state index contributed by atoms with van der Waals surface area (Å²) < 4.78 is 0. The Hall–Kier alpha value is -2.62. The van der Waals surface area contributed by atoms with E-state index in [0.717, 1.165) is 29.7 Å². The summed E-state index contributed by atoms with van der Waals surface area (Å²) in [6.07, 6.45) is 2.20. The molecule has 0 fully saturated rings. The van der Waals surface area contributed by atoms with Crippen LogP contribution in [-0.2, 0) is 16.0 Å². The Kier molecular flexibility index (Phi) is 5.40. The third-order valence-corrected chi connectivity index (χ3v) is 5.03. The van der Waals surface area contributed by atoms with Crippen molar-refractivity contribution >= 4 is 17.5 Å². The Balaban J connectivity index is 1.85. The summed E-state index contributed by atoms with van der Waals surface area (Å²) in [7, 11) is 0. The maximum Gasteiger partial charge on any atom is 0.229 e. The average molecular weight is 350 g/mol. The average Bonchev–Trinajstić information content (AvgIpc) is 2.61. The molecule has 2 atom stereocenters. The topological polar surface area (TPSA) is 49.4 Å². The van der Waals surface area contributed by atoms with Gasteiger partial charge in [-0.1, -0.05) is 48.0 Å². The molecule has 0 radical (unpaired) electrons. The molecule has 2 unspecified atom stereocenters. The quantitative estimate of drug-likeness (QED) is 0.908. The van der Waals surface area contributed by atoms with Crippen molar-refractivity contribution < 1.29 is 9.59 Å². The number of carbonyl (C=O) groups excluding carboxylic acids is 2. The van der Waals surface area contributed by atoms with Crippen LogP contribution >= 0.6 is 0 Å². The van der Waals surface area contributed by atoms with E-state index in [2.05, 4.69) is 18.3 Å². The number of hydrogen-bond acceptors (Lipinski definition) is 2. The van der Waals surface area contributed by atoms with E-state index >= 15 is 0 Å². The van der Waals surface area contributed by atoms with Crippen molar-refractivity contribution in [3.05, 3.63) is 65.2 Å². The first kappa shape index (κ1) is 18.2. The zero-order valence-electron chi connectivity index (χ0n) is 15.7. The van der Waals surface area contributed by atoms with Gasteiger partial charge in [-0.3, -0.25) is 9.59 Å². The highest BCUT2D eigenvalue weighted by Gasteiger charge is 2.30. The van der Waals surface area contributed by atoms with Crippen molar-refractivity contribution in [1.82, 2.24) is 5.32 Å². The third kappa shape index (κ3) is 3.96. The predicted molar refractivity (Wildman–Crippen MR) is 104 cm³/mol. The lowest BCUT2D eigenvalue weighted by Crippen LogP contribution is -2.43. The van der Waals surface area contributed by atoms with Crippen molar-refractivity contribution in [2.45, 2.75) is 52.1 Å². The minimum Gasteiger partial charge on any atom is -0.349 e. The van der Waals surface area contributed by atoms with Crippen LogP contribution in [0.4, 0.5) is 5.69 Å². The van der Waals surface area contributed by atoms with Gasteiger partial charge in [0.05, 0.1) is 12.5 Å². The van der Waals surface area contributed by atoms with E-state index in [1.807, 2.05) is 54.3 Å². The van der Waals surface area contributed by atoms with E-state index < -0.39 is 0 Å². The molecule has 3 rings (SSSR count). The summed E-state index contributed by atoms with van der Waals surface area (Å²) in [5.74, 6) is -0.0838. The van der Waals surface area contributed by atoms with E-state index in [-0.39, 0.29) is 30.3 Å². The SMILES string of the molecule is CC(=O)NC(CC(=O)N1c2ccccc2CCC1C)c1ccc(C)cc1. The number of hydrogen-bond donors (Lipinski definition) is 1. The first-order chi connectivity index (χ1) is 12.5. The number of fused-ring (bicyclic) bond motifs is 1. The molecule has 1 aliphatic heterocycles. The third-order valence-electron chi connectivity index (χ3n) is 5.03. The second-order valence-corrected chi connectivity index (χ2v) is 7.15.